The van der Waals surface area contributed by atoms with E-state index in [2.05, 4.69) is 28.4 Å². The topological polar surface area (TPSA) is 67.5 Å². The lowest BCUT2D eigenvalue weighted by Crippen LogP contribution is -2.45. The second-order valence-electron chi connectivity index (χ2n) is 7.58. The number of likely N-dealkylation sites (N-methyl/N-ethyl adjacent to an activating group) is 1. The van der Waals surface area contributed by atoms with Gasteiger partial charge in [0, 0.05) is 24.8 Å². The van der Waals surface area contributed by atoms with Crippen molar-refractivity contribution in [1.29, 1.82) is 0 Å². The number of hydrogen-bond acceptors (Lipinski definition) is 4. The van der Waals surface area contributed by atoms with Crippen LogP contribution in [0.4, 0.5) is 0 Å². The summed E-state index contributed by atoms with van der Waals surface area (Å²) in [5, 5.41) is 7.53. The van der Waals surface area contributed by atoms with E-state index < -0.39 is 6.10 Å². The minimum Gasteiger partial charge on any atom is -0.485 e. The Balaban J connectivity index is 1.17. The van der Waals surface area contributed by atoms with Crippen molar-refractivity contribution in [3.63, 3.8) is 0 Å². The molecule has 1 aromatic heterocycles. The number of H-pyrrole nitrogens is 1. The molecule has 0 fully saturated rings. The second-order valence-corrected chi connectivity index (χ2v) is 7.58. The molecule has 2 heterocycles. The summed E-state index contributed by atoms with van der Waals surface area (Å²) in [6.45, 7) is 0.961. The molecule has 1 aliphatic heterocycles. The normalized spacial score (nSPS) is 15.0. The van der Waals surface area contributed by atoms with Gasteiger partial charge in [-0.25, -0.2) is 0 Å². The van der Waals surface area contributed by atoms with Crippen LogP contribution >= 0.6 is 0 Å². The SMILES string of the molecule is CN(CCCCCc1cc(-c2ccccc2)n[nH]1)C(=O)C1COc2ccccc2O1. The highest BCUT2D eigenvalue weighted by atomic mass is 16.6. The van der Waals surface area contributed by atoms with Crippen molar-refractivity contribution in [2.45, 2.75) is 31.8 Å². The fourth-order valence-corrected chi connectivity index (χ4v) is 3.58. The van der Waals surface area contributed by atoms with Gasteiger partial charge in [-0.1, -0.05) is 48.9 Å². The summed E-state index contributed by atoms with van der Waals surface area (Å²) < 4.78 is 11.5. The van der Waals surface area contributed by atoms with Gasteiger partial charge in [-0.15, -0.1) is 0 Å². The van der Waals surface area contributed by atoms with Crippen molar-refractivity contribution in [2.24, 2.45) is 0 Å². The van der Waals surface area contributed by atoms with Gasteiger partial charge in [-0.2, -0.15) is 5.10 Å². The van der Waals surface area contributed by atoms with Gasteiger partial charge in [0.1, 0.15) is 6.61 Å². The summed E-state index contributed by atoms with van der Waals surface area (Å²) >= 11 is 0. The predicted molar refractivity (Wildman–Crippen MR) is 116 cm³/mol. The molecule has 0 saturated heterocycles. The van der Waals surface area contributed by atoms with Crippen LogP contribution in [-0.4, -0.2) is 47.3 Å². The van der Waals surface area contributed by atoms with Gasteiger partial charge >= 0.3 is 0 Å². The Bertz CT molecular complexity index is 971. The van der Waals surface area contributed by atoms with E-state index in [4.69, 9.17) is 9.47 Å². The summed E-state index contributed by atoms with van der Waals surface area (Å²) in [5.74, 6) is 1.29. The molecule has 0 saturated carbocycles. The van der Waals surface area contributed by atoms with Gasteiger partial charge in [0.05, 0.1) is 5.69 Å². The molecule has 1 atom stereocenters. The van der Waals surface area contributed by atoms with Crippen LogP contribution in [0.15, 0.2) is 60.7 Å². The van der Waals surface area contributed by atoms with E-state index in [-0.39, 0.29) is 12.5 Å². The van der Waals surface area contributed by atoms with Crippen LogP contribution in [0.1, 0.15) is 25.0 Å². The number of nitrogens with zero attached hydrogens (tertiary/aromatic N) is 2. The van der Waals surface area contributed by atoms with Crippen LogP contribution < -0.4 is 9.47 Å². The number of ether oxygens (including phenoxy) is 2. The third-order valence-electron chi connectivity index (χ3n) is 5.30. The zero-order chi connectivity index (χ0) is 20.8. The molecule has 1 unspecified atom stereocenters. The van der Waals surface area contributed by atoms with Crippen molar-refractivity contribution in [2.75, 3.05) is 20.2 Å². The molecule has 1 amide bonds. The molecular formula is C24H27N3O3. The molecule has 30 heavy (non-hydrogen) atoms. The number of nitrogens with one attached hydrogen (secondary N) is 1. The second kappa shape index (κ2) is 9.48. The molecule has 6 heteroatoms. The molecule has 4 rings (SSSR count). The van der Waals surface area contributed by atoms with E-state index in [9.17, 15) is 4.79 Å². The van der Waals surface area contributed by atoms with Crippen LogP contribution in [0.5, 0.6) is 11.5 Å². The summed E-state index contributed by atoms with van der Waals surface area (Å²) in [7, 11) is 1.83. The number of unbranched alkanes of at least 4 members (excludes halogenated alkanes) is 2. The van der Waals surface area contributed by atoms with E-state index in [0.29, 0.717) is 18.0 Å². The number of hydrogen-bond donors (Lipinski definition) is 1. The predicted octanol–water partition coefficient (Wildman–Crippen LogP) is 4.09. The van der Waals surface area contributed by atoms with Crippen LogP contribution in [0, 0.1) is 0 Å². The Morgan fingerprint density at radius 3 is 2.67 bits per heavy atom. The van der Waals surface area contributed by atoms with Crippen LogP contribution in [-0.2, 0) is 11.2 Å². The van der Waals surface area contributed by atoms with Gasteiger partial charge < -0.3 is 14.4 Å². The number of aromatic nitrogens is 2. The number of aromatic amines is 1. The Labute approximate surface area is 176 Å². The highest BCUT2D eigenvalue weighted by Gasteiger charge is 2.29. The smallest absolute Gasteiger partial charge is 0.267 e. The highest BCUT2D eigenvalue weighted by molar-refractivity contribution is 5.81. The Kier molecular flexibility index (Phi) is 6.32. The number of fused-ring (bicyclic) bond motifs is 1. The molecule has 0 spiro atoms. The maximum Gasteiger partial charge on any atom is 0.267 e. The number of rotatable bonds is 8. The Hall–Kier alpha value is -3.28. The lowest BCUT2D eigenvalue weighted by molar-refractivity contribution is -0.139. The van der Waals surface area contributed by atoms with Gasteiger partial charge in [0.2, 0.25) is 6.10 Å². The van der Waals surface area contributed by atoms with E-state index in [0.717, 1.165) is 42.6 Å². The summed E-state index contributed by atoms with van der Waals surface area (Å²) in [5.41, 5.74) is 3.24. The lowest BCUT2D eigenvalue weighted by Gasteiger charge is -2.28. The quantitative estimate of drug-likeness (QED) is 0.573. The van der Waals surface area contributed by atoms with Gasteiger partial charge in [-0.05, 0) is 37.5 Å². The van der Waals surface area contributed by atoms with Crippen LogP contribution in [0.3, 0.4) is 0 Å². The molecule has 1 N–H and O–H groups in total. The minimum atomic E-state index is -0.577. The largest absolute Gasteiger partial charge is 0.485 e. The van der Waals surface area contributed by atoms with E-state index >= 15 is 0 Å². The molecule has 156 valence electrons. The molecule has 6 nitrogen and oxygen atoms in total. The molecule has 0 bridgehead atoms. The van der Waals surface area contributed by atoms with E-state index in [1.807, 2.05) is 49.5 Å². The minimum absolute atomic E-state index is 0.0365. The van der Waals surface area contributed by atoms with E-state index in [1.165, 1.54) is 0 Å². The Morgan fingerprint density at radius 2 is 1.83 bits per heavy atom. The van der Waals surface area contributed by atoms with Crippen molar-refractivity contribution in [3.05, 3.63) is 66.4 Å². The van der Waals surface area contributed by atoms with Crippen LogP contribution in [0.2, 0.25) is 0 Å². The molecule has 0 radical (unpaired) electrons. The molecule has 2 aromatic carbocycles. The summed E-state index contributed by atoms with van der Waals surface area (Å²) in [4.78, 5) is 14.4. The average Bonchev–Trinajstić information content (AvgIpc) is 3.27. The highest BCUT2D eigenvalue weighted by Crippen LogP contribution is 2.31. The number of aryl methyl sites for hydroxylation is 1. The fraction of sp³-hybridized carbons (Fsp3) is 0.333. The number of benzene rings is 2. The molecule has 3 aromatic rings. The third kappa shape index (κ3) is 4.82. The number of carbonyl (C=O) groups is 1. The first-order valence-electron chi connectivity index (χ1n) is 10.4. The van der Waals surface area contributed by atoms with Crippen molar-refractivity contribution >= 4 is 5.91 Å². The number of amides is 1. The van der Waals surface area contributed by atoms with Crippen molar-refractivity contribution in [3.8, 4) is 22.8 Å². The zero-order valence-electron chi connectivity index (χ0n) is 17.2. The number of para-hydroxylation sites is 2. The molecule has 0 aliphatic carbocycles. The maximum absolute atomic E-state index is 12.6. The van der Waals surface area contributed by atoms with Gasteiger partial charge in [0.25, 0.3) is 5.91 Å². The first kappa shape index (κ1) is 20.0. The average molecular weight is 405 g/mol. The van der Waals surface area contributed by atoms with Crippen molar-refractivity contribution < 1.29 is 14.3 Å². The molecule has 1 aliphatic rings. The van der Waals surface area contributed by atoms with Gasteiger partial charge in [-0.3, -0.25) is 9.89 Å². The summed E-state index contributed by atoms with van der Waals surface area (Å²) in [6, 6.07) is 19.7. The monoisotopic (exact) mass is 405 g/mol. The number of carbonyl (C=O) groups excluding carboxylic acids is 1. The lowest BCUT2D eigenvalue weighted by atomic mass is 10.1. The fourth-order valence-electron chi connectivity index (χ4n) is 3.58. The van der Waals surface area contributed by atoms with Gasteiger partial charge in [0.15, 0.2) is 11.5 Å². The third-order valence-corrected chi connectivity index (χ3v) is 5.30. The maximum atomic E-state index is 12.6. The first-order chi connectivity index (χ1) is 14.7. The zero-order valence-corrected chi connectivity index (χ0v) is 17.2. The summed E-state index contributed by atoms with van der Waals surface area (Å²) in [6.07, 6.45) is 3.42. The first-order valence-corrected chi connectivity index (χ1v) is 10.4. The standard InChI is InChI=1S/C24H27N3O3/c1-27(24(28)23-17-29-21-13-7-8-14-22(21)30-23)15-9-3-6-12-19-16-20(26-25-19)18-10-4-2-5-11-18/h2,4-5,7-8,10-11,13-14,16,23H,3,6,9,12,15,17H2,1H3,(H,25,26). The molecular weight excluding hydrogens is 378 g/mol. The van der Waals surface area contributed by atoms with E-state index in [1.54, 1.807) is 4.90 Å². The van der Waals surface area contributed by atoms with Crippen molar-refractivity contribution in [1.82, 2.24) is 15.1 Å². The van der Waals surface area contributed by atoms with Crippen LogP contribution in [0.25, 0.3) is 11.3 Å². The Morgan fingerprint density at radius 1 is 1.07 bits per heavy atom.